The summed E-state index contributed by atoms with van der Waals surface area (Å²) in [6.07, 6.45) is 6.56. The van der Waals surface area contributed by atoms with E-state index in [0.717, 1.165) is 17.7 Å². The molecule has 4 aromatic rings. The van der Waals surface area contributed by atoms with E-state index >= 15 is 0 Å². The maximum absolute atomic E-state index is 12.8. The Labute approximate surface area is 173 Å². The van der Waals surface area contributed by atoms with Crippen molar-refractivity contribution in [2.45, 2.75) is 24.8 Å². The largest absolute Gasteiger partial charge is 0.339 e. The summed E-state index contributed by atoms with van der Waals surface area (Å²) < 4.78 is 1.94. The average molecular weight is 401 g/mol. The molecule has 2 atom stereocenters. The van der Waals surface area contributed by atoms with E-state index in [-0.39, 0.29) is 5.91 Å². The topological polar surface area (TPSA) is 59.8 Å². The van der Waals surface area contributed by atoms with Gasteiger partial charge in [0.05, 0.1) is 5.69 Å². The zero-order valence-corrected chi connectivity index (χ0v) is 16.5. The van der Waals surface area contributed by atoms with Crippen molar-refractivity contribution in [1.82, 2.24) is 14.5 Å². The van der Waals surface area contributed by atoms with Gasteiger partial charge in [-0.15, -0.1) is 11.3 Å². The minimum absolute atomic E-state index is 0.139. The van der Waals surface area contributed by atoms with Gasteiger partial charge in [-0.1, -0.05) is 30.3 Å². The molecule has 1 amide bonds. The molecule has 3 heterocycles. The Morgan fingerprint density at radius 3 is 2.72 bits per heavy atom. The maximum atomic E-state index is 12.8. The SMILES string of the molecule is O=C(Nc1nc([C@H]2C[C@@H]2c2ccccc2)cs1)c1cccn1Cc1ccncc1. The van der Waals surface area contributed by atoms with Crippen molar-refractivity contribution in [2.75, 3.05) is 5.32 Å². The Hall–Kier alpha value is -3.25. The first kappa shape index (κ1) is 17.8. The molecule has 3 aromatic heterocycles. The minimum atomic E-state index is -0.139. The second kappa shape index (κ2) is 7.64. The van der Waals surface area contributed by atoms with E-state index in [1.54, 1.807) is 12.4 Å². The average Bonchev–Trinajstić information content (AvgIpc) is 3.18. The molecule has 1 saturated carbocycles. The first-order chi connectivity index (χ1) is 14.3. The molecule has 0 radical (unpaired) electrons. The number of nitrogens with one attached hydrogen (secondary N) is 1. The van der Waals surface area contributed by atoms with Crippen molar-refractivity contribution >= 4 is 22.4 Å². The number of thiazole rings is 1. The molecule has 1 aromatic carbocycles. The molecule has 0 saturated heterocycles. The van der Waals surface area contributed by atoms with Gasteiger partial charge < -0.3 is 4.57 Å². The highest BCUT2D eigenvalue weighted by atomic mass is 32.1. The van der Waals surface area contributed by atoms with Gasteiger partial charge in [-0.2, -0.15) is 0 Å². The lowest BCUT2D eigenvalue weighted by Crippen LogP contribution is -2.17. The van der Waals surface area contributed by atoms with Gasteiger partial charge in [-0.25, -0.2) is 4.98 Å². The zero-order chi connectivity index (χ0) is 19.6. The lowest BCUT2D eigenvalue weighted by atomic mass is 10.1. The monoisotopic (exact) mass is 400 g/mol. The van der Waals surface area contributed by atoms with Crippen molar-refractivity contribution in [3.05, 3.63) is 101 Å². The van der Waals surface area contributed by atoms with Crippen LogP contribution in [0, 0.1) is 0 Å². The summed E-state index contributed by atoms with van der Waals surface area (Å²) in [5.41, 5.74) is 4.16. The molecule has 5 nitrogen and oxygen atoms in total. The number of rotatable bonds is 6. The first-order valence-corrected chi connectivity index (χ1v) is 10.5. The van der Waals surface area contributed by atoms with Crippen LogP contribution in [-0.2, 0) is 6.54 Å². The third-order valence-electron chi connectivity index (χ3n) is 5.30. The second-order valence-corrected chi connectivity index (χ2v) is 8.13. The molecule has 0 spiro atoms. The van der Waals surface area contributed by atoms with Crippen LogP contribution >= 0.6 is 11.3 Å². The van der Waals surface area contributed by atoms with E-state index in [2.05, 4.69) is 44.9 Å². The summed E-state index contributed by atoms with van der Waals surface area (Å²) in [4.78, 5) is 21.5. The van der Waals surface area contributed by atoms with Gasteiger partial charge in [0.25, 0.3) is 5.91 Å². The fourth-order valence-corrected chi connectivity index (χ4v) is 4.48. The lowest BCUT2D eigenvalue weighted by molar-refractivity contribution is 0.101. The molecule has 1 fully saturated rings. The smallest absolute Gasteiger partial charge is 0.274 e. The molecule has 1 aliphatic carbocycles. The van der Waals surface area contributed by atoms with E-state index in [0.29, 0.717) is 29.2 Å². The summed E-state index contributed by atoms with van der Waals surface area (Å²) in [5, 5.41) is 5.69. The van der Waals surface area contributed by atoms with Crippen LogP contribution in [0.1, 0.15) is 45.6 Å². The van der Waals surface area contributed by atoms with Gasteiger partial charge >= 0.3 is 0 Å². The molecular weight excluding hydrogens is 380 g/mol. The van der Waals surface area contributed by atoms with Crippen LogP contribution < -0.4 is 5.32 Å². The Kier molecular flexibility index (Phi) is 4.69. The van der Waals surface area contributed by atoms with Crippen LogP contribution in [0.15, 0.2) is 78.6 Å². The molecular formula is C23H20N4OS. The predicted octanol–water partition coefficient (Wildman–Crippen LogP) is 4.91. The van der Waals surface area contributed by atoms with E-state index < -0.39 is 0 Å². The highest BCUT2D eigenvalue weighted by Gasteiger charge is 2.41. The molecule has 1 aliphatic rings. The Morgan fingerprint density at radius 1 is 1.07 bits per heavy atom. The fourth-order valence-electron chi connectivity index (χ4n) is 3.71. The molecule has 144 valence electrons. The van der Waals surface area contributed by atoms with Crippen molar-refractivity contribution in [3.8, 4) is 0 Å². The molecule has 1 N–H and O–H groups in total. The first-order valence-electron chi connectivity index (χ1n) is 9.64. The number of pyridine rings is 1. The highest BCUT2D eigenvalue weighted by Crippen LogP contribution is 2.54. The van der Waals surface area contributed by atoms with Crippen LogP contribution in [0.2, 0.25) is 0 Å². The van der Waals surface area contributed by atoms with Gasteiger partial charge in [0, 0.05) is 36.4 Å². The second-order valence-electron chi connectivity index (χ2n) is 7.27. The fraction of sp³-hybridized carbons (Fsp3) is 0.174. The standard InChI is InChI=1S/C23H20N4OS/c28-22(21-7-4-12-27(21)14-16-8-10-24-11-9-16)26-23-25-20(15-29-23)19-13-18(19)17-5-2-1-3-6-17/h1-12,15,18-19H,13-14H2,(H,25,26,28)/t18-,19+/m1/s1. The van der Waals surface area contributed by atoms with Crippen molar-refractivity contribution in [3.63, 3.8) is 0 Å². The maximum Gasteiger partial charge on any atom is 0.274 e. The number of benzene rings is 1. The number of aromatic nitrogens is 3. The minimum Gasteiger partial charge on any atom is -0.339 e. The van der Waals surface area contributed by atoms with Gasteiger partial charge in [0.1, 0.15) is 5.69 Å². The third kappa shape index (κ3) is 3.84. The summed E-state index contributed by atoms with van der Waals surface area (Å²) >= 11 is 1.49. The van der Waals surface area contributed by atoms with E-state index in [9.17, 15) is 4.79 Å². The summed E-state index contributed by atoms with van der Waals surface area (Å²) in [5.74, 6) is 0.856. The zero-order valence-electron chi connectivity index (χ0n) is 15.7. The van der Waals surface area contributed by atoms with E-state index in [1.165, 1.54) is 16.9 Å². The summed E-state index contributed by atoms with van der Waals surface area (Å²) in [6, 6.07) is 18.2. The lowest BCUT2D eigenvalue weighted by Gasteiger charge is -2.08. The Morgan fingerprint density at radius 2 is 1.90 bits per heavy atom. The van der Waals surface area contributed by atoms with Crippen LogP contribution in [-0.4, -0.2) is 20.4 Å². The molecule has 29 heavy (non-hydrogen) atoms. The van der Waals surface area contributed by atoms with Crippen molar-refractivity contribution < 1.29 is 4.79 Å². The third-order valence-corrected chi connectivity index (χ3v) is 6.08. The number of anilines is 1. The quantitative estimate of drug-likeness (QED) is 0.500. The van der Waals surface area contributed by atoms with E-state index in [1.807, 2.05) is 41.1 Å². The summed E-state index contributed by atoms with van der Waals surface area (Å²) in [7, 11) is 0. The van der Waals surface area contributed by atoms with Gasteiger partial charge in [-0.05, 0) is 47.7 Å². The molecule has 6 heteroatoms. The van der Waals surface area contributed by atoms with Gasteiger partial charge in [-0.3, -0.25) is 15.1 Å². The number of carbonyl (C=O) groups excluding carboxylic acids is 1. The molecule has 0 unspecified atom stereocenters. The number of amides is 1. The van der Waals surface area contributed by atoms with Gasteiger partial charge in [0.15, 0.2) is 5.13 Å². The number of nitrogens with zero attached hydrogens (tertiary/aromatic N) is 3. The Bertz CT molecular complexity index is 1120. The highest BCUT2D eigenvalue weighted by molar-refractivity contribution is 7.14. The number of carbonyl (C=O) groups is 1. The number of hydrogen-bond acceptors (Lipinski definition) is 4. The predicted molar refractivity (Wildman–Crippen MR) is 114 cm³/mol. The molecule has 0 bridgehead atoms. The van der Waals surface area contributed by atoms with Gasteiger partial charge in [0.2, 0.25) is 0 Å². The van der Waals surface area contributed by atoms with Crippen LogP contribution in [0.3, 0.4) is 0 Å². The van der Waals surface area contributed by atoms with Crippen molar-refractivity contribution in [1.29, 1.82) is 0 Å². The normalized spacial score (nSPS) is 17.8. The number of hydrogen-bond donors (Lipinski definition) is 1. The van der Waals surface area contributed by atoms with E-state index in [4.69, 9.17) is 0 Å². The van der Waals surface area contributed by atoms with Crippen molar-refractivity contribution in [2.24, 2.45) is 0 Å². The van der Waals surface area contributed by atoms with Crippen LogP contribution in [0.5, 0.6) is 0 Å². The molecule has 5 rings (SSSR count). The molecule has 0 aliphatic heterocycles. The summed E-state index contributed by atoms with van der Waals surface area (Å²) in [6.45, 7) is 0.627. The Balaban J connectivity index is 1.25. The van der Waals surface area contributed by atoms with Crippen LogP contribution in [0.4, 0.5) is 5.13 Å². The van der Waals surface area contributed by atoms with Crippen LogP contribution in [0.25, 0.3) is 0 Å².